The lowest BCUT2D eigenvalue weighted by atomic mass is 9.89. The average Bonchev–Trinajstić information content (AvgIpc) is 2.83. The molecule has 0 radical (unpaired) electrons. The Bertz CT molecular complexity index is 1030. The molecule has 0 bridgehead atoms. The summed E-state index contributed by atoms with van der Waals surface area (Å²) < 4.78 is 5.33. The molecule has 2 heterocycles. The standard InChI is InChI=1S/C28H38N4O3/c1-18(2)35-28(34)31-26-15-19(3)32(20(4)33)27-10-9-23(16-25(26)27)22-7-5-21(6-8-22)17-30-24-11-13-29-14-12-24/h5-10,16,18-19,24,26,29-30H,11-15,17H2,1-4H3,(H,31,34)/t19-,26+/m0/s1. The minimum absolute atomic E-state index is 0.000284. The topological polar surface area (TPSA) is 82.7 Å². The highest BCUT2D eigenvalue weighted by Gasteiger charge is 2.33. The number of fused-ring (bicyclic) bond motifs is 1. The SMILES string of the molecule is CC(=O)N1c2ccc(-c3ccc(CNC4CCNCC4)cc3)cc2[C@H](NC(=O)OC(C)C)C[C@@H]1C. The Kier molecular flexibility index (Phi) is 8.08. The lowest BCUT2D eigenvalue weighted by Gasteiger charge is -2.39. The van der Waals surface area contributed by atoms with Crippen LogP contribution in [0.25, 0.3) is 11.1 Å². The highest BCUT2D eigenvalue weighted by atomic mass is 16.6. The maximum atomic E-state index is 12.4. The van der Waals surface area contributed by atoms with E-state index < -0.39 is 6.09 Å². The highest BCUT2D eigenvalue weighted by Crippen LogP contribution is 2.39. The Morgan fingerprint density at radius 1 is 1.09 bits per heavy atom. The van der Waals surface area contributed by atoms with Crippen LogP contribution in [-0.4, -0.2) is 43.3 Å². The van der Waals surface area contributed by atoms with Crippen LogP contribution in [0.15, 0.2) is 42.5 Å². The molecule has 2 aromatic rings. The van der Waals surface area contributed by atoms with Crippen molar-refractivity contribution in [2.24, 2.45) is 0 Å². The third-order valence-electron chi connectivity index (χ3n) is 6.88. The van der Waals surface area contributed by atoms with Gasteiger partial charge in [0.1, 0.15) is 0 Å². The fourth-order valence-corrected chi connectivity index (χ4v) is 5.15. The molecular weight excluding hydrogens is 440 g/mol. The number of rotatable bonds is 6. The maximum absolute atomic E-state index is 12.4. The minimum atomic E-state index is -0.435. The zero-order valence-electron chi connectivity index (χ0n) is 21.3. The van der Waals surface area contributed by atoms with Gasteiger partial charge in [0, 0.05) is 31.2 Å². The average molecular weight is 479 g/mol. The number of carbonyl (C=O) groups is 2. The summed E-state index contributed by atoms with van der Waals surface area (Å²) >= 11 is 0. The predicted octanol–water partition coefficient (Wildman–Crippen LogP) is 4.52. The van der Waals surface area contributed by atoms with Gasteiger partial charge in [0.05, 0.1) is 12.1 Å². The van der Waals surface area contributed by atoms with E-state index in [1.54, 1.807) is 6.92 Å². The monoisotopic (exact) mass is 478 g/mol. The molecule has 0 spiro atoms. The normalized spacial score (nSPS) is 20.4. The second-order valence-electron chi connectivity index (χ2n) is 10.0. The lowest BCUT2D eigenvalue weighted by molar-refractivity contribution is -0.117. The maximum Gasteiger partial charge on any atom is 0.407 e. The molecular formula is C28H38N4O3. The molecule has 4 rings (SSSR count). The molecule has 0 saturated carbocycles. The second kappa shape index (κ2) is 11.2. The van der Waals surface area contributed by atoms with Crippen molar-refractivity contribution in [3.05, 3.63) is 53.6 Å². The Balaban J connectivity index is 1.54. The summed E-state index contributed by atoms with van der Waals surface area (Å²) in [5.41, 5.74) is 5.21. The van der Waals surface area contributed by atoms with Gasteiger partial charge in [-0.2, -0.15) is 0 Å². The van der Waals surface area contributed by atoms with Gasteiger partial charge in [0.2, 0.25) is 5.91 Å². The van der Waals surface area contributed by atoms with E-state index in [-0.39, 0.29) is 24.1 Å². The van der Waals surface area contributed by atoms with E-state index in [1.165, 1.54) is 18.4 Å². The van der Waals surface area contributed by atoms with E-state index in [0.29, 0.717) is 12.5 Å². The largest absolute Gasteiger partial charge is 0.447 e. The Hall–Kier alpha value is -2.90. The Morgan fingerprint density at radius 3 is 2.43 bits per heavy atom. The van der Waals surface area contributed by atoms with Gasteiger partial charge in [-0.3, -0.25) is 4.79 Å². The van der Waals surface area contributed by atoms with Crippen LogP contribution in [0.1, 0.15) is 64.1 Å². The first-order valence-electron chi connectivity index (χ1n) is 12.8. The van der Waals surface area contributed by atoms with Crippen molar-refractivity contribution in [2.75, 3.05) is 18.0 Å². The van der Waals surface area contributed by atoms with Crippen LogP contribution in [0.5, 0.6) is 0 Å². The molecule has 7 heteroatoms. The molecule has 1 fully saturated rings. The van der Waals surface area contributed by atoms with E-state index in [1.807, 2.05) is 31.7 Å². The molecule has 35 heavy (non-hydrogen) atoms. The number of hydrogen-bond donors (Lipinski definition) is 3. The highest BCUT2D eigenvalue weighted by molar-refractivity contribution is 5.94. The minimum Gasteiger partial charge on any atom is -0.447 e. The first-order valence-corrected chi connectivity index (χ1v) is 12.8. The van der Waals surface area contributed by atoms with Crippen molar-refractivity contribution in [2.45, 2.75) is 77.7 Å². The molecule has 0 aromatic heterocycles. The zero-order valence-corrected chi connectivity index (χ0v) is 21.3. The van der Waals surface area contributed by atoms with Crippen molar-refractivity contribution >= 4 is 17.7 Å². The number of benzene rings is 2. The van der Waals surface area contributed by atoms with Crippen molar-refractivity contribution < 1.29 is 14.3 Å². The lowest BCUT2D eigenvalue weighted by Crippen LogP contribution is -2.45. The number of piperidine rings is 1. The Morgan fingerprint density at radius 2 is 1.77 bits per heavy atom. The van der Waals surface area contributed by atoms with Crippen LogP contribution < -0.4 is 20.9 Å². The van der Waals surface area contributed by atoms with E-state index in [2.05, 4.69) is 52.3 Å². The number of ether oxygens (including phenoxy) is 1. The third kappa shape index (κ3) is 6.21. The van der Waals surface area contributed by atoms with Crippen LogP contribution in [0.2, 0.25) is 0 Å². The van der Waals surface area contributed by atoms with Crippen LogP contribution in [0, 0.1) is 0 Å². The molecule has 2 amide bonds. The van der Waals surface area contributed by atoms with Crippen LogP contribution in [0.3, 0.4) is 0 Å². The van der Waals surface area contributed by atoms with Gasteiger partial charge in [0.25, 0.3) is 0 Å². The molecule has 0 unspecified atom stereocenters. The first kappa shape index (κ1) is 25.2. The molecule has 7 nitrogen and oxygen atoms in total. The summed E-state index contributed by atoms with van der Waals surface area (Å²) in [6.45, 7) is 10.3. The van der Waals surface area contributed by atoms with Crippen LogP contribution in [0.4, 0.5) is 10.5 Å². The van der Waals surface area contributed by atoms with Crippen molar-refractivity contribution in [3.8, 4) is 11.1 Å². The number of anilines is 1. The van der Waals surface area contributed by atoms with Gasteiger partial charge < -0.3 is 25.6 Å². The molecule has 2 aromatic carbocycles. The van der Waals surface area contributed by atoms with Gasteiger partial charge >= 0.3 is 6.09 Å². The molecule has 2 aliphatic rings. The number of amides is 2. The third-order valence-corrected chi connectivity index (χ3v) is 6.88. The van der Waals surface area contributed by atoms with Crippen molar-refractivity contribution in [3.63, 3.8) is 0 Å². The summed E-state index contributed by atoms with van der Waals surface area (Å²) in [7, 11) is 0. The van der Waals surface area contributed by atoms with Gasteiger partial charge in [0.15, 0.2) is 0 Å². The predicted molar refractivity (Wildman–Crippen MR) is 139 cm³/mol. The zero-order chi connectivity index (χ0) is 24.9. The van der Waals surface area contributed by atoms with E-state index >= 15 is 0 Å². The smallest absolute Gasteiger partial charge is 0.407 e. The van der Waals surface area contributed by atoms with Gasteiger partial charge in [-0.05, 0) is 87.5 Å². The summed E-state index contributed by atoms with van der Waals surface area (Å²) in [6.07, 6.45) is 2.34. The first-order chi connectivity index (χ1) is 16.8. The van der Waals surface area contributed by atoms with Crippen molar-refractivity contribution in [1.29, 1.82) is 0 Å². The fourth-order valence-electron chi connectivity index (χ4n) is 5.15. The molecule has 3 N–H and O–H groups in total. The number of carbonyl (C=O) groups excluding carboxylic acids is 2. The molecule has 2 aliphatic heterocycles. The number of nitrogens with one attached hydrogen (secondary N) is 3. The molecule has 188 valence electrons. The van der Waals surface area contributed by atoms with Crippen molar-refractivity contribution in [1.82, 2.24) is 16.0 Å². The molecule has 0 aliphatic carbocycles. The van der Waals surface area contributed by atoms with Gasteiger partial charge in [-0.1, -0.05) is 30.3 Å². The van der Waals surface area contributed by atoms with Crippen LogP contribution in [-0.2, 0) is 16.1 Å². The Labute approximate surface area is 208 Å². The number of hydrogen-bond acceptors (Lipinski definition) is 5. The summed E-state index contributed by atoms with van der Waals surface area (Å²) in [4.78, 5) is 26.6. The second-order valence-corrected chi connectivity index (χ2v) is 10.0. The quantitative estimate of drug-likeness (QED) is 0.569. The van der Waals surface area contributed by atoms with E-state index in [0.717, 1.165) is 42.0 Å². The summed E-state index contributed by atoms with van der Waals surface area (Å²) in [6, 6.07) is 15.1. The fraction of sp³-hybridized carbons (Fsp3) is 0.500. The molecule has 1 saturated heterocycles. The molecule has 2 atom stereocenters. The van der Waals surface area contributed by atoms with E-state index in [9.17, 15) is 9.59 Å². The summed E-state index contributed by atoms with van der Waals surface area (Å²) in [5, 5.41) is 10.1. The van der Waals surface area contributed by atoms with Gasteiger partial charge in [-0.25, -0.2) is 4.79 Å². The summed E-state index contributed by atoms with van der Waals surface area (Å²) in [5.74, 6) is 0.000284. The van der Waals surface area contributed by atoms with E-state index in [4.69, 9.17) is 4.74 Å². The van der Waals surface area contributed by atoms with Crippen LogP contribution >= 0.6 is 0 Å². The number of alkyl carbamates (subject to hydrolysis) is 1. The number of nitrogens with zero attached hydrogens (tertiary/aromatic N) is 1. The van der Waals surface area contributed by atoms with Gasteiger partial charge in [-0.15, -0.1) is 0 Å².